The van der Waals surface area contributed by atoms with Gasteiger partial charge in [0.15, 0.2) is 11.6 Å². The number of methoxy groups -OCH3 is 1. The standard InChI is InChI=1S/C15H15FN2OS/c1-19-13-8-9(6-7-11(13)16)14-17-12-5-3-2-4-10(12)15(20)18-14/h6-8H,2-5H2,1H3,(H,17,18,20). The van der Waals surface area contributed by atoms with Crippen molar-refractivity contribution in [1.29, 1.82) is 0 Å². The maximum absolute atomic E-state index is 13.5. The summed E-state index contributed by atoms with van der Waals surface area (Å²) >= 11 is 5.38. The van der Waals surface area contributed by atoms with Crippen molar-refractivity contribution < 1.29 is 9.13 Å². The number of rotatable bonds is 2. The summed E-state index contributed by atoms with van der Waals surface area (Å²) in [5.74, 6) is 0.503. The van der Waals surface area contributed by atoms with Crippen molar-refractivity contribution in [3.05, 3.63) is 39.9 Å². The van der Waals surface area contributed by atoms with Crippen LogP contribution in [0.15, 0.2) is 18.2 Å². The Morgan fingerprint density at radius 3 is 2.90 bits per heavy atom. The highest BCUT2D eigenvalue weighted by Crippen LogP contribution is 2.27. The molecule has 0 amide bonds. The Morgan fingerprint density at radius 2 is 2.10 bits per heavy atom. The second-order valence-electron chi connectivity index (χ2n) is 4.90. The fourth-order valence-corrected chi connectivity index (χ4v) is 2.88. The van der Waals surface area contributed by atoms with Crippen LogP contribution in [0.4, 0.5) is 4.39 Å². The minimum atomic E-state index is -0.382. The van der Waals surface area contributed by atoms with Crippen LogP contribution in [0.1, 0.15) is 24.1 Å². The lowest BCUT2D eigenvalue weighted by atomic mass is 9.97. The molecule has 1 aliphatic carbocycles. The molecule has 20 heavy (non-hydrogen) atoms. The van der Waals surface area contributed by atoms with Crippen LogP contribution in [0.25, 0.3) is 11.4 Å². The highest BCUT2D eigenvalue weighted by Gasteiger charge is 2.14. The monoisotopic (exact) mass is 290 g/mol. The topological polar surface area (TPSA) is 37.9 Å². The number of H-pyrrole nitrogens is 1. The Balaban J connectivity index is 2.11. The predicted octanol–water partition coefficient (Wildman–Crippen LogP) is 3.83. The van der Waals surface area contributed by atoms with Crippen molar-refractivity contribution in [2.24, 2.45) is 0 Å². The van der Waals surface area contributed by atoms with Crippen molar-refractivity contribution in [3.63, 3.8) is 0 Å². The van der Waals surface area contributed by atoms with Crippen LogP contribution in [0, 0.1) is 10.5 Å². The molecule has 1 aromatic carbocycles. The van der Waals surface area contributed by atoms with Gasteiger partial charge in [-0.15, -0.1) is 0 Å². The zero-order chi connectivity index (χ0) is 14.1. The molecule has 0 spiro atoms. The molecule has 3 rings (SSSR count). The summed E-state index contributed by atoms with van der Waals surface area (Å²) in [5, 5.41) is 0. The van der Waals surface area contributed by atoms with E-state index in [9.17, 15) is 4.39 Å². The largest absolute Gasteiger partial charge is 0.494 e. The molecule has 0 saturated carbocycles. The van der Waals surface area contributed by atoms with Gasteiger partial charge < -0.3 is 9.72 Å². The molecule has 2 aromatic rings. The number of aromatic amines is 1. The summed E-state index contributed by atoms with van der Waals surface area (Å²) in [4.78, 5) is 7.78. The second-order valence-corrected chi connectivity index (χ2v) is 5.29. The van der Waals surface area contributed by atoms with E-state index < -0.39 is 0 Å². The van der Waals surface area contributed by atoms with E-state index in [4.69, 9.17) is 17.0 Å². The van der Waals surface area contributed by atoms with Gasteiger partial charge in [0.05, 0.1) is 7.11 Å². The number of fused-ring (bicyclic) bond motifs is 1. The predicted molar refractivity (Wildman–Crippen MR) is 78.0 cm³/mol. The van der Waals surface area contributed by atoms with Crippen LogP contribution in [-0.2, 0) is 12.8 Å². The normalized spacial score (nSPS) is 13.9. The lowest BCUT2D eigenvalue weighted by molar-refractivity contribution is 0.386. The van der Waals surface area contributed by atoms with E-state index in [2.05, 4.69) is 9.97 Å². The minimum absolute atomic E-state index is 0.210. The summed E-state index contributed by atoms with van der Waals surface area (Å²) < 4.78 is 19.1. The third-order valence-electron chi connectivity index (χ3n) is 3.63. The third-order valence-corrected chi connectivity index (χ3v) is 3.97. The summed E-state index contributed by atoms with van der Waals surface area (Å²) in [5.41, 5.74) is 3.10. The number of nitrogens with zero attached hydrogens (tertiary/aromatic N) is 1. The molecule has 1 N–H and O–H groups in total. The maximum Gasteiger partial charge on any atom is 0.165 e. The lowest BCUT2D eigenvalue weighted by Crippen LogP contribution is -2.08. The molecule has 3 nitrogen and oxygen atoms in total. The SMILES string of the molecule is COc1cc(-c2nc(=S)c3c([nH]2)CCCC3)ccc1F. The zero-order valence-electron chi connectivity index (χ0n) is 11.2. The quantitative estimate of drug-likeness (QED) is 0.854. The molecule has 0 aliphatic heterocycles. The summed E-state index contributed by atoms with van der Waals surface area (Å²) in [6.45, 7) is 0. The van der Waals surface area contributed by atoms with Gasteiger partial charge >= 0.3 is 0 Å². The highest BCUT2D eigenvalue weighted by molar-refractivity contribution is 7.71. The number of aryl methyl sites for hydroxylation is 1. The molecular formula is C15H15FN2OS. The molecule has 0 radical (unpaired) electrons. The molecule has 0 fully saturated rings. The number of benzene rings is 1. The van der Waals surface area contributed by atoms with E-state index >= 15 is 0 Å². The molecule has 1 heterocycles. The summed E-state index contributed by atoms with van der Waals surface area (Å²) in [6, 6.07) is 4.70. The zero-order valence-corrected chi connectivity index (χ0v) is 12.0. The van der Waals surface area contributed by atoms with Crippen molar-refractivity contribution in [3.8, 4) is 17.1 Å². The van der Waals surface area contributed by atoms with Crippen molar-refractivity contribution in [1.82, 2.24) is 9.97 Å². The van der Waals surface area contributed by atoms with Gasteiger partial charge in [0, 0.05) is 16.8 Å². The molecule has 104 valence electrons. The number of hydrogen-bond donors (Lipinski definition) is 1. The van der Waals surface area contributed by atoms with Crippen molar-refractivity contribution >= 4 is 12.2 Å². The van der Waals surface area contributed by atoms with Crippen LogP contribution in [0.3, 0.4) is 0 Å². The Bertz CT molecular complexity index is 712. The lowest BCUT2D eigenvalue weighted by Gasteiger charge is -2.16. The fourth-order valence-electron chi connectivity index (χ4n) is 2.56. The van der Waals surface area contributed by atoms with E-state index in [1.54, 1.807) is 12.1 Å². The minimum Gasteiger partial charge on any atom is -0.494 e. The van der Waals surface area contributed by atoms with Crippen LogP contribution in [0.2, 0.25) is 0 Å². The molecule has 0 bridgehead atoms. The molecule has 1 aliphatic rings. The van der Waals surface area contributed by atoms with Crippen LogP contribution >= 0.6 is 12.2 Å². The molecule has 0 saturated heterocycles. The van der Waals surface area contributed by atoms with Gasteiger partial charge in [0.25, 0.3) is 0 Å². The molecule has 0 atom stereocenters. The first-order chi connectivity index (χ1) is 9.69. The van der Waals surface area contributed by atoms with Gasteiger partial charge in [-0.25, -0.2) is 9.37 Å². The Labute approximate surface area is 121 Å². The van der Waals surface area contributed by atoms with Gasteiger partial charge in [-0.1, -0.05) is 12.2 Å². The van der Waals surface area contributed by atoms with Gasteiger partial charge in [0.2, 0.25) is 0 Å². The first-order valence-electron chi connectivity index (χ1n) is 6.65. The average Bonchev–Trinajstić information content (AvgIpc) is 2.47. The molecule has 5 heteroatoms. The highest BCUT2D eigenvalue weighted by atomic mass is 32.1. The van der Waals surface area contributed by atoms with E-state index in [1.807, 2.05) is 0 Å². The van der Waals surface area contributed by atoms with Crippen molar-refractivity contribution in [2.75, 3.05) is 7.11 Å². The first kappa shape index (κ1) is 13.2. The van der Waals surface area contributed by atoms with Gasteiger partial charge in [-0.2, -0.15) is 0 Å². The van der Waals surface area contributed by atoms with Crippen LogP contribution in [0.5, 0.6) is 5.75 Å². The molecule has 1 aromatic heterocycles. The number of nitrogens with one attached hydrogen (secondary N) is 1. The van der Waals surface area contributed by atoms with Gasteiger partial charge in [-0.3, -0.25) is 0 Å². The first-order valence-corrected chi connectivity index (χ1v) is 7.06. The summed E-state index contributed by atoms with van der Waals surface area (Å²) in [7, 11) is 1.45. The van der Waals surface area contributed by atoms with Crippen LogP contribution < -0.4 is 4.74 Å². The van der Waals surface area contributed by atoms with E-state index in [-0.39, 0.29) is 11.6 Å². The second kappa shape index (κ2) is 5.32. The average molecular weight is 290 g/mol. The summed E-state index contributed by atoms with van der Waals surface area (Å²) in [6.07, 6.45) is 4.31. The smallest absolute Gasteiger partial charge is 0.165 e. The Kier molecular flexibility index (Phi) is 3.53. The van der Waals surface area contributed by atoms with Crippen molar-refractivity contribution in [2.45, 2.75) is 25.7 Å². The van der Waals surface area contributed by atoms with Crippen LogP contribution in [-0.4, -0.2) is 17.1 Å². The van der Waals surface area contributed by atoms with Gasteiger partial charge in [0.1, 0.15) is 10.5 Å². The Hall–Kier alpha value is -1.75. The maximum atomic E-state index is 13.5. The van der Waals surface area contributed by atoms with Gasteiger partial charge in [-0.05, 0) is 43.9 Å². The van der Waals surface area contributed by atoms with E-state index in [0.29, 0.717) is 10.5 Å². The Morgan fingerprint density at radius 1 is 1.30 bits per heavy atom. The van der Waals surface area contributed by atoms with E-state index in [1.165, 1.54) is 13.2 Å². The molecule has 0 unspecified atom stereocenters. The fraction of sp³-hybridized carbons (Fsp3) is 0.333. The number of hydrogen-bond acceptors (Lipinski definition) is 3. The third kappa shape index (κ3) is 2.33. The van der Waals surface area contributed by atoms with E-state index in [0.717, 1.165) is 42.5 Å². The number of halogens is 1. The number of ether oxygens (including phenoxy) is 1. The number of aromatic nitrogens is 2. The molecular weight excluding hydrogens is 275 g/mol.